The number of unbranched alkanes of at least 4 members (excludes halogenated alkanes) is 1. The van der Waals surface area contributed by atoms with Crippen LogP contribution < -0.4 is 37.1 Å². The van der Waals surface area contributed by atoms with Crippen LogP contribution in [0.5, 0.6) is 5.75 Å². The first-order valence-corrected chi connectivity index (χ1v) is 44.5. The molecule has 12 N–H and O–H groups in total. The number of likely N-dealkylation sites (N-methyl/N-ethyl adjacent to an activating group) is 2. The third-order valence-corrected chi connectivity index (χ3v) is 21.7. The number of aliphatic hydroxyl groups excluding tert-OH is 4. The summed E-state index contributed by atoms with van der Waals surface area (Å²) in [4.78, 5) is 127. The van der Waals surface area contributed by atoms with Crippen molar-refractivity contribution in [1.82, 2.24) is 36.0 Å². The molecule has 732 valence electrons. The third-order valence-electron chi connectivity index (χ3n) is 21.7. The number of carbonyl (C=O) groups excluding carboxylic acids is 8. The first kappa shape index (κ1) is 113. The molecular weight excluding hydrogens is 1680 g/mol. The van der Waals surface area contributed by atoms with Crippen LogP contribution in [0.15, 0.2) is 48.5 Å². The van der Waals surface area contributed by atoms with Gasteiger partial charge in [-0.1, -0.05) is 91.3 Å². The number of carboxylic acid groups (broad SMARTS) is 1. The number of rotatable bonds is 71. The third kappa shape index (κ3) is 41.9. The Morgan fingerprint density at radius 3 is 1.61 bits per heavy atom. The van der Waals surface area contributed by atoms with E-state index < -0.39 is 145 Å². The number of likely N-dealkylation sites (tertiary alicyclic amines) is 1. The Morgan fingerprint density at radius 2 is 1.12 bits per heavy atom. The minimum atomic E-state index is -2.05. The first-order valence-electron chi connectivity index (χ1n) is 44.5. The summed E-state index contributed by atoms with van der Waals surface area (Å²) in [6.07, 6.45) is -10.8. The maximum absolute atomic E-state index is 15.0. The Balaban J connectivity index is 1.17. The van der Waals surface area contributed by atoms with Crippen molar-refractivity contribution in [3.05, 3.63) is 59.7 Å². The topological polar surface area (TPSA) is 508 Å². The highest BCUT2D eigenvalue weighted by Gasteiger charge is 2.49. The number of anilines is 1. The van der Waals surface area contributed by atoms with E-state index in [2.05, 4.69) is 26.6 Å². The molecule has 0 unspecified atom stereocenters. The lowest BCUT2D eigenvalue weighted by Crippen LogP contribution is -2.61. The zero-order valence-electron chi connectivity index (χ0n) is 77.2. The van der Waals surface area contributed by atoms with Gasteiger partial charge in [0.1, 0.15) is 42.8 Å². The van der Waals surface area contributed by atoms with E-state index in [1.165, 1.54) is 44.4 Å². The van der Waals surface area contributed by atoms with Gasteiger partial charge in [-0.15, -0.1) is 0 Å². The maximum atomic E-state index is 15.0. The van der Waals surface area contributed by atoms with E-state index in [1.54, 1.807) is 84.9 Å². The number of aliphatic hydroxyl groups is 4. The van der Waals surface area contributed by atoms with Gasteiger partial charge in [-0.25, -0.2) is 9.59 Å². The first-order chi connectivity index (χ1) is 61.4. The van der Waals surface area contributed by atoms with Crippen LogP contribution in [0.25, 0.3) is 0 Å². The highest BCUT2D eigenvalue weighted by atomic mass is 16.7. The molecule has 40 nitrogen and oxygen atoms in total. The molecule has 2 aliphatic rings. The molecule has 40 heteroatoms. The second-order valence-electron chi connectivity index (χ2n) is 32.0. The largest absolute Gasteiger partial charge is 0.479 e. The number of nitrogens with one attached hydrogen (secondary N) is 5. The van der Waals surface area contributed by atoms with Crippen molar-refractivity contribution in [3.8, 4) is 5.75 Å². The van der Waals surface area contributed by atoms with E-state index in [1.807, 2.05) is 19.9 Å². The number of carbonyl (C=O) groups is 9. The van der Waals surface area contributed by atoms with Gasteiger partial charge in [0.15, 0.2) is 6.10 Å². The van der Waals surface area contributed by atoms with Crippen molar-refractivity contribution < 1.29 is 149 Å². The van der Waals surface area contributed by atoms with Gasteiger partial charge in [0.25, 0.3) is 0 Å². The van der Waals surface area contributed by atoms with E-state index in [0.717, 1.165) is 4.90 Å². The number of benzene rings is 2. The van der Waals surface area contributed by atoms with Gasteiger partial charge in [0, 0.05) is 67.9 Å². The van der Waals surface area contributed by atoms with E-state index in [9.17, 15) is 68.7 Å². The van der Waals surface area contributed by atoms with Crippen LogP contribution >= 0.6 is 0 Å². The average molecular weight is 1830 g/mol. The molecule has 0 aliphatic carbocycles. The predicted molar refractivity (Wildman–Crippen MR) is 466 cm³/mol. The molecule has 2 aromatic rings. The Morgan fingerprint density at radius 1 is 0.586 bits per heavy atom. The molecule has 0 saturated carbocycles. The van der Waals surface area contributed by atoms with Gasteiger partial charge in [-0.3, -0.25) is 38.5 Å². The molecule has 0 spiro atoms. The van der Waals surface area contributed by atoms with Crippen LogP contribution in [-0.4, -0.2) is 380 Å². The van der Waals surface area contributed by atoms with Crippen molar-refractivity contribution in [2.45, 2.75) is 205 Å². The van der Waals surface area contributed by atoms with Crippen LogP contribution in [0.2, 0.25) is 0 Å². The minimum Gasteiger partial charge on any atom is -0.479 e. The van der Waals surface area contributed by atoms with E-state index in [0.29, 0.717) is 190 Å². The maximum Gasteiger partial charge on any atom is 0.410 e. The van der Waals surface area contributed by atoms with Gasteiger partial charge in [0.05, 0.1) is 212 Å². The fourth-order valence-electron chi connectivity index (χ4n) is 14.3. The summed E-state index contributed by atoms with van der Waals surface area (Å²) in [5.74, 6) is -7.19. The predicted octanol–water partition coefficient (Wildman–Crippen LogP) is 2.13. The average Bonchev–Trinajstić information content (AvgIpc) is 1.27. The zero-order valence-corrected chi connectivity index (χ0v) is 77.2. The van der Waals surface area contributed by atoms with Crippen LogP contribution in [0.3, 0.4) is 0 Å². The van der Waals surface area contributed by atoms with Crippen LogP contribution in [0.4, 0.5) is 10.5 Å². The molecule has 2 fully saturated rings. The van der Waals surface area contributed by atoms with E-state index in [4.69, 9.17) is 86.3 Å². The number of nitrogens with two attached hydrogens (primary N) is 1. The summed E-state index contributed by atoms with van der Waals surface area (Å²) in [5.41, 5.74) is 6.92. The summed E-state index contributed by atoms with van der Waals surface area (Å²) in [7, 11) is 7.54. The second-order valence-corrected chi connectivity index (χ2v) is 32.0. The number of nitrogens with zero attached hydrogens (tertiary/aromatic N) is 3. The van der Waals surface area contributed by atoms with Crippen molar-refractivity contribution in [1.29, 1.82) is 0 Å². The SMILES string of the molecule is CC[C@H](C)[C@@H]([C@@H](CC(=O)N1CCC[C@H]1[C@H](OC)[C@@H](C)C(=O)N[C@H](C)[C@@H](O)c1ccccc1)OC)N(C)C(=O)[C@@H](NC(=O)[C@H](C(C)C)N(C)C(=O)OCc1ccc(O[C@@H]2O[C@H](C(=O)O)[C@@H](O)[C@H](O)[C@H]2O)c(NC(=O)CCNC(=O)[C@@H](N)CCCCNC(=O)CCOCCOCCOCCOCCOCCOCCOCCOCCOCCOCCOCCOC)c1)C(C)C. The smallest absolute Gasteiger partial charge is 0.410 e. The molecule has 16 atom stereocenters. The fraction of sp³-hybridized carbons (Fsp3) is 0.761. The van der Waals surface area contributed by atoms with Crippen LogP contribution in [0.1, 0.15) is 130 Å². The highest BCUT2D eigenvalue weighted by Crippen LogP contribution is 2.34. The Labute approximate surface area is 753 Å². The van der Waals surface area contributed by atoms with Crippen LogP contribution in [0, 0.1) is 23.7 Å². The summed E-state index contributed by atoms with van der Waals surface area (Å²) in [6.45, 7) is 24.2. The molecule has 0 radical (unpaired) electrons. The lowest BCUT2D eigenvalue weighted by Gasteiger charge is -2.41. The zero-order chi connectivity index (χ0) is 94.3. The lowest BCUT2D eigenvalue weighted by molar-refractivity contribution is -0.271. The van der Waals surface area contributed by atoms with Crippen molar-refractivity contribution in [2.75, 3.05) is 212 Å². The monoisotopic (exact) mass is 1830 g/mol. The molecule has 0 bridgehead atoms. The Bertz CT molecular complexity index is 3460. The van der Waals surface area contributed by atoms with Gasteiger partial charge in [0.2, 0.25) is 47.6 Å². The van der Waals surface area contributed by atoms with Gasteiger partial charge in [-0.05, 0) is 80.0 Å². The van der Waals surface area contributed by atoms with Gasteiger partial charge in [-0.2, -0.15) is 0 Å². The number of amides is 8. The molecular formula is C88H149N9O31. The molecule has 4 rings (SSSR count). The number of aliphatic carboxylic acids is 1. The summed E-state index contributed by atoms with van der Waals surface area (Å²) in [5, 5.41) is 66.5. The summed E-state index contributed by atoms with van der Waals surface area (Å²) >= 11 is 0. The molecule has 2 saturated heterocycles. The normalized spacial score (nSPS) is 18.8. The number of ether oxygens (including phenoxy) is 17. The Kier molecular flexibility index (Phi) is 57.4. The molecule has 2 heterocycles. The number of hydrogen-bond acceptors (Lipinski definition) is 31. The highest BCUT2D eigenvalue weighted by molar-refractivity contribution is 5.94. The molecule has 0 aromatic heterocycles. The lowest BCUT2D eigenvalue weighted by atomic mass is 9.89. The van der Waals surface area contributed by atoms with Crippen molar-refractivity contribution >= 4 is 59.1 Å². The number of methoxy groups -OCH3 is 3. The molecule has 8 amide bonds. The van der Waals surface area contributed by atoms with E-state index in [-0.39, 0.29) is 86.1 Å². The summed E-state index contributed by atoms with van der Waals surface area (Å²) < 4.78 is 94.3. The van der Waals surface area contributed by atoms with Crippen LogP contribution in [-0.2, 0) is 121 Å². The standard InChI is InChI=1S/C88H149N9O31/c1-14-60(6)75(69(113-12)56-72(100)97-31-20-24-67(97)80(114-13)61(7)82(105)92-62(8)76(101)64-21-16-15-17-22-64)95(9)85(108)73(58(2)3)94-84(107)74(59(4)5)96(10)88(111)126-57-63-25-26-68(127-87-79(104)77(102)78(103)81(128-87)86(109)110)66(55-63)93-71(99)27-30-91-83(106)65(89)23-18-19-29-90-70(98)28-32-115-35-36-117-39-40-119-43-44-121-47-48-123-51-52-125-54-53-124-50-49-122-46-45-120-42-41-118-38-37-116-34-33-112-11/h15-17,21-22,25-26,55,58-62,65,67,69,73-81,87,101-104H,14,18-20,23-24,27-54,56-57,89H2,1-13H3,(H,90,98)(H,91,106)(H,92,105)(H,93,99)(H,94,107)(H,109,110)/t60-,61+,62+,65-,67-,69+,73-,74-,75-,76+,77-,78-,79+,80+,81-,87+/m0/s1. The molecule has 128 heavy (non-hydrogen) atoms. The fourth-order valence-corrected chi connectivity index (χ4v) is 14.3. The minimum absolute atomic E-state index is 0.125. The Hall–Kier alpha value is -7.53. The molecule has 2 aliphatic heterocycles. The van der Waals surface area contributed by atoms with Crippen molar-refractivity contribution in [3.63, 3.8) is 0 Å². The van der Waals surface area contributed by atoms with Gasteiger partial charge < -0.3 is 148 Å². The number of carboxylic acids is 1. The summed E-state index contributed by atoms with van der Waals surface area (Å²) in [6, 6.07) is 7.86. The quantitative estimate of drug-likeness (QED) is 0.0423. The van der Waals surface area contributed by atoms with E-state index >= 15 is 0 Å². The molecule has 2 aromatic carbocycles. The number of hydrogen-bond donors (Lipinski definition) is 11. The van der Waals surface area contributed by atoms with Gasteiger partial charge >= 0.3 is 12.1 Å². The second kappa shape index (κ2) is 65.1. The van der Waals surface area contributed by atoms with Crippen molar-refractivity contribution in [2.24, 2.45) is 29.4 Å².